The Morgan fingerprint density at radius 2 is 1.67 bits per heavy atom. The van der Waals surface area contributed by atoms with Crippen LogP contribution in [0.1, 0.15) is 37.8 Å². The van der Waals surface area contributed by atoms with Crippen LogP contribution in [0.4, 0.5) is 5.69 Å². The van der Waals surface area contributed by atoms with E-state index in [2.05, 4.69) is 51.2 Å². The molecule has 0 radical (unpaired) electrons. The van der Waals surface area contributed by atoms with Gasteiger partial charge in [0.05, 0.1) is 0 Å². The Bertz CT molecular complexity index is 492. The first-order valence-electron chi connectivity index (χ1n) is 6.43. The lowest BCUT2D eigenvalue weighted by Crippen LogP contribution is -2.24. The first-order valence-corrected chi connectivity index (χ1v) is 6.43. The van der Waals surface area contributed by atoms with Crippen molar-refractivity contribution in [2.24, 2.45) is 5.41 Å². The standard InChI is InChI=1S/C16H21NO/c1-11-5-12(2)7-13(6-11)17-14-8-15(18)10-16(3,4)9-14/h5-8,17H,9-10H2,1-4H3. The van der Waals surface area contributed by atoms with Gasteiger partial charge >= 0.3 is 0 Å². The van der Waals surface area contributed by atoms with Crippen molar-refractivity contribution in [1.82, 2.24) is 0 Å². The third-order valence-corrected chi connectivity index (χ3v) is 3.18. The largest absolute Gasteiger partial charge is 0.359 e. The summed E-state index contributed by atoms with van der Waals surface area (Å²) in [4.78, 5) is 11.7. The molecule has 0 atom stereocenters. The third-order valence-electron chi connectivity index (χ3n) is 3.18. The van der Waals surface area contributed by atoms with E-state index in [0.717, 1.165) is 17.8 Å². The van der Waals surface area contributed by atoms with E-state index >= 15 is 0 Å². The van der Waals surface area contributed by atoms with E-state index in [1.807, 2.05) is 0 Å². The lowest BCUT2D eigenvalue weighted by atomic mass is 9.79. The second-order valence-electron chi connectivity index (χ2n) is 6.16. The molecule has 0 spiro atoms. The molecule has 0 aliphatic heterocycles. The van der Waals surface area contributed by atoms with Gasteiger partial charge in [0.1, 0.15) is 0 Å². The van der Waals surface area contributed by atoms with Gasteiger partial charge in [-0.1, -0.05) is 19.9 Å². The molecule has 0 aromatic heterocycles. The van der Waals surface area contributed by atoms with Gasteiger partial charge in [-0.05, 0) is 48.9 Å². The fourth-order valence-electron chi connectivity index (χ4n) is 2.66. The molecule has 0 bridgehead atoms. The maximum atomic E-state index is 11.7. The van der Waals surface area contributed by atoms with Crippen LogP contribution >= 0.6 is 0 Å². The predicted molar refractivity (Wildman–Crippen MR) is 75.6 cm³/mol. The molecule has 1 aromatic carbocycles. The molecular formula is C16H21NO. The summed E-state index contributed by atoms with van der Waals surface area (Å²) >= 11 is 0. The number of ketones is 1. The Morgan fingerprint density at radius 3 is 2.22 bits per heavy atom. The molecule has 0 saturated heterocycles. The molecule has 0 unspecified atom stereocenters. The molecule has 0 heterocycles. The minimum atomic E-state index is 0.0625. The van der Waals surface area contributed by atoms with Gasteiger partial charge in [0, 0.05) is 23.9 Å². The van der Waals surface area contributed by atoms with E-state index in [1.165, 1.54) is 11.1 Å². The van der Waals surface area contributed by atoms with Crippen LogP contribution in [-0.2, 0) is 4.79 Å². The molecule has 0 amide bonds. The molecule has 1 N–H and O–H groups in total. The van der Waals surface area contributed by atoms with Crippen LogP contribution in [0.2, 0.25) is 0 Å². The van der Waals surface area contributed by atoms with Gasteiger partial charge in [-0.15, -0.1) is 0 Å². The summed E-state index contributed by atoms with van der Waals surface area (Å²) in [6.45, 7) is 8.45. The van der Waals surface area contributed by atoms with Crippen molar-refractivity contribution in [2.45, 2.75) is 40.5 Å². The van der Waals surface area contributed by atoms with Crippen molar-refractivity contribution in [3.63, 3.8) is 0 Å². The van der Waals surface area contributed by atoms with Crippen LogP contribution in [0.15, 0.2) is 30.0 Å². The fraction of sp³-hybridized carbons (Fsp3) is 0.438. The average molecular weight is 243 g/mol. The normalized spacial score (nSPS) is 18.4. The predicted octanol–water partition coefficient (Wildman–Crippen LogP) is 3.99. The summed E-state index contributed by atoms with van der Waals surface area (Å²) in [6, 6.07) is 6.37. The van der Waals surface area contributed by atoms with Crippen LogP contribution in [-0.4, -0.2) is 5.78 Å². The Hall–Kier alpha value is -1.57. The van der Waals surface area contributed by atoms with E-state index in [1.54, 1.807) is 6.08 Å². The number of benzene rings is 1. The summed E-state index contributed by atoms with van der Waals surface area (Å²) in [5.74, 6) is 0.220. The Labute approximate surface area is 109 Å². The smallest absolute Gasteiger partial charge is 0.157 e. The topological polar surface area (TPSA) is 29.1 Å². The molecule has 18 heavy (non-hydrogen) atoms. The molecule has 2 heteroatoms. The van der Waals surface area contributed by atoms with Gasteiger partial charge in [0.15, 0.2) is 5.78 Å². The third kappa shape index (κ3) is 3.22. The number of carbonyl (C=O) groups excluding carboxylic acids is 1. The first kappa shape index (κ1) is 12.9. The van der Waals surface area contributed by atoms with Gasteiger partial charge < -0.3 is 5.32 Å². The summed E-state index contributed by atoms with van der Waals surface area (Å²) in [5, 5.41) is 3.39. The Balaban J connectivity index is 2.21. The van der Waals surface area contributed by atoms with Gasteiger partial charge in [-0.3, -0.25) is 4.79 Å². The van der Waals surface area contributed by atoms with Crippen LogP contribution in [0.5, 0.6) is 0 Å². The zero-order valence-corrected chi connectivity index (χ0v) is 11.6. The van der Waals surface area contributed by atoms with Crippen molar-refractivity contribution >= 4 is 11.5 Å². The van der Waals surface area contributed by atoms with Gasteiger partial charge in [-0.2, -0.15) is 0 Å². The highest BCUT2D eigenvalue weighted by Crippen LogP contribution is 2.34. The minimum Gasteiger partial charge on any atom is -0.359 e. The summed E-state index contributed by atoms with van der Waals surface area (Å²) in [6.07, 6.45) is 3.32. The van der Waals surface area contributed by atoms with Gasteiger partial charge in [0.2, 0.25) is 0 Å². The van der Waals surface area contributed by atoms with Crippen LogP contribution in [0.25, 0.3) is 0 Å². The van der Waals surface area contributed by atoms with Crippen molar-refractivity contribution in [3.8, 4) is 0 Å². The number of allylic oxidation sites excluding steroid dienone is 2. The average Bonchev–Trinajstić information content (AvgIpc) is 2.10. The van der Waals surface area contributed by atoms with Crippen LogP contribution < -0.4 is 5.32 Å². The SMILES string of the molecule is Cc1cc(C)cc(NC2=CC(=O)CC(C)(C)C2)c1. The van der Waals surface area contributed by atoms with Gasteiger partial charge in [-0.25, -0.2) is 0 Å². The number of rotatable bonds is 2. The van der Waals surface area contributed by atoms with E-state index in [-0.39, 0.29) is 11.2 Å². The number of hydrogen-bond acceptors (Lipinski definition) is 2. The quantitative estimate of drug-likeness (QED) is 0.851. The second kappa shape index (κ2) is 4.60. The summed E-state index contributed by atoms with van der Waals surface area (Å²) < 4.78 is 0. The molecule has 1 aliphatic carbocycles. The number of nitrogens with one attached hydrogen (secondary N) is 1. The molecule has 2 nitrogen and oxygen atoms in total. The second-order valence-corrected chi connectivity index (χ2v) is 6.16. The monoisotopic (exact) mass is 243 g/mol. The molecule has 0 fully saturated rings. The Kier molecular flexibility index (Phi) is 3.29. The maximum Gasteiger partial charge on any atom is 0.157 e. The lowest BCUT2D eigenvalue weighted by Gasteiger charge is -2.29. The Morgan fingerprint density at radius 1 is 1.06 bits per heavy atom. The van der Waals surface area contributed by atoms with E-state index in [0.29, 0.717) is 6.42 Å². The zero-order chi connectivity index (χ0) is 13.3. The minimum absolute atomic E-state index is 0.0625. The molecule has 2 rings (SSSR count). The first-order chi connectivity index (χ1) is 8.34. The van der Waals surface area contributed by atoms with Gasteiger partial charge in [0.25, 0.3) is 0 Å². The van der Waals surface area contributed by atoms with Crippen molar-refractivity contribution < 1.29 is 4.79 Å². The number of anilines is 1. The van der Waals surface area contributed by atoms with E-state index in [4.69, 9.17) is 0 Å². The molecular weight excluding hydrogens is 222 g/mol. The van der Waals surface area contributed by atoms with Crippen LogP contribution in [0.3, 0.4) is 0 Å². The highest BCUT2D eigenvalue weighted by Gasteiger charge is 2.27. The number of carbonyl (C=O) groups is 1. The lowest BCUT2D eigenvalue weighted by molar-refractivity contribution is -0.117. The highest BCUT2D eigenvalue weighted by atomic mass is 16.1. The van der Waals surface area contributed by atoms with E-state index in [9.17, 15) is 4.79 Å². The zero-order valence-electron chi connectivity index (χ0n) is 11.6. The van der Waals surface area contributed by atoms with Crippen molar-refractivity contribution in [1.29, 1.82) is 0 Å². The summed E-state index contributed by atoms with van der Waals surface area (Å²) in [7, 11) is 0. The number of hydrogen-bond donors (Lipinski definition) is 1. The molecule has 1 aliphatic rings. The molecule has 1 aromatic rings. The fourth-order valence-corrected chi connectivity index (χ4v) is 2.66. The molecule has 0 saturated carbocycles. The van der Waals surface area contributed by atoms with Crippen molar-refractivity contribution in [2.75, 3.05) is 5.32 Å². The van der Waals surface area contributed by atoms with Crippen LogP contribution in [0, 0.1) is 19.3 Å². The maximum absolute atomic E-state index is 11.7. The number of aryl methyl sites for hydroxylation is 2. The summed E-state index contributed by atoms with van der Waals surface area (Å²) in [5.41, 5.74) is 4.64. The van der Waals surface area contributed by atoms with Crippen molar-refractivity contribution in [3.05, 3.63) is 41.1 Å². The highest BCUT2D eigenvalue weighted by molar-refractivity contribution is 5.92. The molecule has 96 valence electrons. The van der Waals surface area contributed by atoms with E-state index < -0.39 is 0 Å².